The van der Waals surface area contributed by atoms with Gasteiger partial charge in [0.15, 0.2) is 0 Å². The van der Waals surface area contributed by atoms with E-state index in [4.69, 9.17) is 9.47 Å². The number of allylic oxidation sites excluding steroid dienone is 12. The maximum absolute atomic E-state index is 6.88. The van der Waals surface area contributed by atoms with Gasteiger partial charge >= 0.3 is 0 Å². The van der Waals surface area contributed by atoms with Crippen molar-refractivity contribution in [2.45, 2.75) is 43.3 Å². The Morgan fingerprint density at radius 1 is 0.756 bits per heavy atom. The summed E-state index contributed by atoms with van der Waals surface area (Å²) in [4.78, 5) is 0. The van der Waals surface area contributed by atoms with Crippen molar-refractivity contribution < 1.29 is 9.47 Å². The Balaban J connectivity index is 1.05. The summed E-state index contributed by atoms with van der Waals surface area (Å²) in [5.41, 5.74) is 9.51. The van der Waals surface area contributed by atoms with E-state index in [9.17, 15) is 0 Å². The molecule has 2 aromatic carbocycles. The van der Waals surface area contributed by atoms with Crippen molar-refractivity contribution in [1.29, 1.82) is 0 Å². The zero-order chi connectivity index (χ0) is 30.1. The van der Waals surface area contributed by atoms with Crippen molar-refractivity contribution in [1.82, 2.24) is 10.6 Å². The molecule has 0 spiro atoms. The lowest BCUT2D eigenvalue weighted by molar-refractivity contribution is -0.148. The van der Waals surface area contributed by atoms with Crippen LogP contribution < -0.4 is 10.6 Å². The molecule has 5 unspecified atom stereocenters. The van der Waals surface area contributed by atoms with E-state index in [0.717, 1.165) is 42.6 Å². The van der Waals surface area contributed by atoms with Gasteiger partial charge in [-0.3, -0.25) is 0 Å². The van der Waals surface area contributed by atoms with Crippen LogP contribution in [0.4, 0.5) is 0 Å². The van der Waals surface area contributed by atoms with Gasteiger partial charge in [-0.2, -0.15) is 0 Å². The molecular formula is C41H38N2O2. The molecule has 4 heteroatoms. The van der Waals surface area contributed by atoms with E-state index in [1.165, 1.54) is 28.0 Å². The van der Waals surface area contributed by atoms with Crippen LogP contribution >= 0.6 is 0 Å². The summed E-state index contributed by atoms with van der Waals surface area (Å²) in [7, 11) is 0. The van der Waals surface area contributed by atoms with Crippen LogP contribution in [0.5, 0.6) is 0 Å². The van der Waals surface area contributed by atoms with Gasteiger partial charge in [0, 0.05) is 29.4 Å². The second-order valence-electron chi connectivity index (χ2n) is 12.3. The molecule has 0 amide bonds. The molecular weight excluding hydrogens is 552 g/mol. The number of rotatable bonds is 6. The van der Waals surface area contributed by atoms with Crippen molar-refractivity contribution >= 4 is 5.70 Å². The Hall–Kier alpha value is -4.64. The molecule has 1 fully saturated rings. The highest BCUT2D eigenvalue weighted by Crippen LogP contribution is 2.47. The first-order valence-corrected chi connectivity index (χ1v) is 16.2. The third-order valence-corrected chi connectivity index (χ3v) is 9.46. The highest BCUT2D eigenvalue weighted by atomic mass is 16.8. The quantitative estimate of drug-likeness (QED) is 0.359. The average molecular weight is 591 g/mol. The van der Waals surface area contributed by atoms with Gasteiger partial charge in [0.2, 0.25) is 5.79 Å². The molecule has 5 atom stereocenters. The molecule has 4 nitrogen and oxygen atoms in total. The predicted molar refractivity (Wildman–Crippen MR) is 182 cm³/mol. The van der Waals surface area contributed by atoms with E-state index in [1.54, 1.807) is 0 Å². The summed E-state index contributed by atoms with van der Waals surface area (Å²) >= 11 is 0. The Bertz CT molecular complexity index is 1770. The smallest absolute Gasteiger partial charge is 0.219 e. The Morgan fingerprint density at radius 2 is 1.60 bits per heavy atom. The third kappa shape index (κ3) is 5.45. The van der Waals surface area contributed by atoms with Gasteiger partial charge in [0.25, 0.3) is 0 Å². The second-order valence-corrected chi connectivity index (χ2v) is 12.3. The number of ether oxygens (including phenoxy) is 2. The summed E-state index contributed by atoms with van der Waals surface area (Å²) < 4.78 is 13.7. The molecule has 2 N–H and O–H groups in total. The molecule has 3 aliphatic heterocycles. The van der Waals surface area contributed by atoms with Gasteiger partial charge in [0.1, 0.15) is 12.2 Å². The van der Waals surface area contributed by atoms with Crippen LogP contribution in [0.2, 0.25) is 0 Å². The number of fused-ring (bicyclic) bond motifs is 1. The van der Waals surface area contributed by atoms with Crippen molar-refractivity contribution in [2.24, 2.45) is 5.92 Å². The fourth-order valence-electron chi connectivity index (χ4n) is 7.06. The monoisotopic (exact) mass is 590 g/mol. The zero-order valence-corrected chi connectivity index (χ0v) is 25.3. The average Bonchev–Trinajstić information content (AvgIpc) is 3.53. The van der Waals surface area contributed by atoms with Crippen molar-refractivity contribution in [3.63, 3.8) is 0 Å². The first-order chi connectivity index (χ1) is 22.2. The Morgan fingerprint density at radius 3 is 2.36 bits per heavy atom. The summed E-state index contributed by atoms with van der Waals surface area (Å²) in [5.74, 6) is -0.479. The van der Waals surface area contributed by atoms with E-state index in [0.29, 0.717) is 5.92 Å². The number of nitrogens with one attached hydrogen (secondary N) is 2. The van der Waals surface area contributed by atoms with Crippen LogP contribution in [-0.4, -0.2) is 24.8 Å². The molecule has 2 aromatic rings. The molecule has 6 aliphatic rings. The molecule has 1 saturated heterocycles. The van der Waals surface area contributed by atoms with Gasteiger partial charge < -0.3 is 20.1 Å². The standard InChI is InChI=1S/C41H38N2O2/c1-5-13-29(14-6-1)33-25-37(30-15-7-2-8-16-30)43-38(26-33)32-21-23-36(42-28-32)31-22-24-39-40(27-31)45-41(44-39,34-17-9-3-10-18-34)35-19-11-4-12-20-35/h1-11,13,15-19,21-27,29,38-40,42-43H,12,14,20,28H2. The summed E-state index contributed by atoms with van der Waals surface area (Å²) in [5, 5.41) is 7.54. The van der Waals surface area contributed by atoms with Gasteiger partial charge in [-0.15, -0.1) is 0 Å². The zero-order valence-electron chi connectivity index (χ0n) is 25.3. The highest BCUT2D eigenvalue weighted by molar-refractivity contribution is 5.70. The highest BCUT2D eigenvalue weighted by Gasteiger charge is 2.50. The van der Waals surface area contributed by atoms with Crippen LogP contribution in [0, 0.1) is 5.92 Å². The van der Waals surface area contributed by atoms with Gasteiger partial charge in [0.05, 0.1) is 6.04 Å². The normalized spacial score (nSPS) is 30.1. The number of hydrogen-bond donors (Lipinski definition) is 2. The minimum atomic E-state index is -0.872. The topological polar surface area (TPSA) is 42.5 Å². The van der Waals surface area contributed by atoms with Gasteiger partial charge in [-0.25, -0.2) is 0 Å². The van der Waals surface area contributed by atoms with Crippen LogP contribution in [0.25, 0.3) is 5.70 Å². The summed E-state index contributed by atoms with van der Waals surface area (Å²) in [6.07, 6.45) is 33.8. The Labute approximate surface area is 265 Å². The maximum Gasteiger partial charge on any atom is 0.219 e. The number of benzene rings is 2. The lowest BCUT2D eigenvalue weighted by atomic mass is 9.86. The predicted octanol–water partition coefficient (Wildman–Crippen LogP) is 7.88. The number of dihydropyridines is 2. The van der Waals surface area contributed by atoms with Crippen LogP contribution in [0.3, 0.4) is 0 Å². The fourth-order valence-corrected chi connectivity index (χ4v) is 7.06. The SMILES string of the molecule is C1=CCCC(C2(c3ccccc3)OC3C=CC(C4=CC=C(C5C=C(C6C=CC=CC6)C=C(c6ccccc6)N5)CN4)=CC3O2)=C1. The first kappa shape index (κ1) is 27.9. The largest absolute Gasteiger partial charge is 0.381 e. The van der Waals surface area contributed by atoms with E-state index in [-0.39, 0.29) is 18.2 Å². The minimum absolute atomic E-state index is 0.112. The molecule has 0 saturated carbocycles. The minimum Gasteiger partial charge on any atom is -0.381 e. The molecule has 0 radical (unpaired) electrons. The maximum atomic E-state index is 6.88. The van der Waals surface area contributed by atoms with Crippen LogP contribution in [-0.2, 0) is 15.3 Å². The summed E-state index contributed by atoms with van der Waals surface area (Å²) in [6, 6.07) is 21.1. The number of hydrogen-bond acceptors (Lipinski definition) is 4. The lowest BCUT2D eigenvalue weighted by Gasteiger charge is -2.32. The van der Waals surface area contributed by atoms with Crippen LogP contribution in [0.15, 0.2) is 174 Å². The van der Waals surface area contributed by atoms with E-state index in [1.807, 2.05) is 6.07 Å². The van der Waals surface area contributed by atoms with Gasteiger partial charge in [-0.05, 0) is 65.3 Å². The lowest BCUT2D eigenvalue weighted by Crippen LogP contribution is -2.36. The van der Waals surface area contributed by atoms with E-state index >= 15 is 0 Å². The third-order valence-electron chi connectivity index (χ3n) is 9.46. The summed E-state index contributed by atoms with van der Waals surface area (Å²) in [6.45, 7) is 0.763. The van der Waals surface area contributed by atoms with Crippen LogP contribution in [0.1, 0.15) is 30.4 Å². The first-order valence-electron chi connectivity index (χ1n) is 16.2. The molecule has 8 rings (SSSR count). The van der Waals surface area contributed by atoms with Gasteiger partial charge in [-0.1, -0.05) is 127 Å². The van der Waals surface area contributed by atoms with Crippen molar-refractivity contribution in [3.8, 4) is 0 Å². The molecule has 45 heavy (non-hydrogen) atoms. The second kappa shape index (κ2) is 12.0. The molecule has 3 aliphatic carbocycles. The fraction of sp³-hybridized carbons (Fsp3) is 0.220. The molecule has 3 heterocycles. The molecule has 0 bridgehead atoms. The van der Waals surface area contributed by atoms with Crippen molar-refractivity contribution in [2.75, 3.05) is 6.54 Å². The van der Waals surface area contributed by atoms with E-state index < -0.39 is 5.79 Å². The van der Waals surface area contributed by atoms with Crippen molar-refractivity contribution in [3.05, 3.63) is 185 Å². The molecule has 224 valence electrons. The van der Waals surface area contributed by atoms with E-state index in [2.05, 4.69) is 150 Å². The molecule has 0 aromatic heterocycles. The Kier molecular flexibility index (Phi) is 7.46.